The number of hydrazine groups is 1. The molecule has 0 spiro atoms. The number of carbonyl (C=O) groups is 1. The van der Waals surface area contributed by atoms with E-state index < -0.39 is 0 Å². The normalized spacial score (nSPS) is 10.6. The lowest BCUT2D eigenvalue weighted by molar-refractivity contribution is -0.119. The molecule has 0 saturated heterocycles. The maximum Gasteiger partial charge on any atom is 0.248 e. The first-order valence-corrected chi connectivity index (χ1v) is 10.2. The Kier molecular flexibility index (Phi) is 6.79. The lowest BCUT2D eigenvalue weighted by atomic mass is 10.1. The zero-order chi connectivity index (χ0) is 20.8. The smallest absolute Gasteiger partial charge is 0.248 e. The summed E-state index contributed by atoms with van der Waals surface area (Å²) >= 11 is 7.23. The lowest BCUT2D eigenvalue weighted by Gasteiger charge is -2.12. The van der Waals surface area contributed by atoms with E-state index in [-0.39, 0.29) is 17.4 Å². The van der Waals surface area contributed by atoms with Crippen LogP contribution in [0.5, 0.6) is 5.75 Å². The van der Waals surface area contributed by atoms with Crippen LogP contribution in [0.25, 0.3) is 17.1 Å². The molecule has 0 aliphatic rings. The van der Waals surface area contributed by atoms with Crippen molar-refractivity contribution in [3.05, 3.63) is 65.7 Å². The Morgan fingerprint density at radius 3 is 2.59 bits per heavy atom. The number of nitrogens with zero attached hydrogens (tertiary/aromatic N) is 3. The second-order valence-corrected chi connectivity index (χ2v) is 7.39. The maximum atomic E-state index is 12.2. The molecule has 0 atom stereocenters. The van der Waals surface area contributed by atoms with Gasteiger partial charge in [0.2, 0.25) is 5.91 Å². The van der Waals surface area contributed by atoms with Crippen LogP contribution < -0.4 is 10.9 Å². The van der Waals surface area contributed by atoms with Crippen molar-refractivity contribution in [2.45, 2.75) is 18.6 Å². The number of hydrogen-bond donors (Lipinski definition) is 3. The summed E-state index contributed by atoms with van der Waals surface area (Å²) in [6.07, 6.45) is 0. The molecule has 1 amide bonds. The van der Waals surface area contributed by atoms with Crippen molar-refractivity contribution in [3.8, 4) is 17.1 Å². The van der Waals surface area contributed by atoms with Gasteiger partial charge in [0.25, 0.3) is 0 Å². The Labute approximate surface area is 177 Å². The SMILES string of the molecule is C=C(NNC(=O)CSc1nnc(-c2ccc(Cl)cc2)n1CC)c1ccccc1O. The van der Waals surface area contributed by atoms with E-state index in [9.17, 15) is 9.90 Å². The third kappa shape index (κ3) is 5.10. The molecule has 7 nitrogen and oxygen atoms in total. The number of phenols is 1. The fraction of sp³-hybridized carbons (Fsp3) is 0.150. The van der Waals surface area contributed by atoms with Crippen molar-refractivity contribution in [1.82, 2.24) is 25.6 Å². The number of carbonyl (C=O) groups excluding carboxylic acids is 1. The van der Waals surface area contributed by atoms with Gasteiger partial charge in [-0.2, -0.15) is 0 Å². The fourth-order valence-electron chi connectivity index (χ4n) is 2.60. The summed E-state index contributed by atoms with van der Waals surface area (Å²) in [6.45, 7) is 6.47. The summed E-state index contributed by atoms with van der Waals surface area (Å²) in [4.78, 5) is 12.2. The van der Waals surface area contributed by atoms with Crippen LogP contribution in [0, 0.1) is 0 Å². The number of nitrogens with one attached hydrogen (secondary N) is 2. The standard InChI is InChI=1S/C20H20ClN5O2S/c1-3-26-19(14-8-10-15(21)11-9-14)24-25-20(26)29-12-18(28)23-22-13(2)16-6-4-5-7-17(16)27/h4-11,22,27H,2-3,12H2,1H3,(H,23,28). The first-order chi connectivity index (χ1) is 14.0. The Balaban J connectivity index is 1.58. The first kappa shape index (κ1) is 20.8. The Bertz CT molecular complexity index is 1020. The van der Waals surface area contributed by atoms with Crippen molar-refractivity contribution in [2.75, 3.05) is 5.75 Å². The topological polar surface area (TPSA) is 92.1 Å². The minimum atomic E-state index is -0.259. The van der Waals surface area contributed by atoms with E-state index >= 15 is 0 Å². The van der Waals surface area contributed by atoms with Crippen LogP contribution in [0.2, 0.25) is 5.02 Å². The number of phenolic OH excluding ortho intramolecular Hbond substituents is 1. The van der Waals surface area contributed by atoms with E-state index in [1.54, 1.807) is 36.4 Å². The number of hydrogen-bond acceptors (Lipinski definition) is 6. The molecule has 0 radical (unpaired) electrons. The van der Waals surface area contributed by atoms with Gasteiger partial charge < -0.3 is 9.67 Å². The number of thioether (sulfide) groups is 1. The summed E-state index contributed by atoms with van der Waals surface area (Å²) < 4.78 is 1.94. The highest BCUT2D eigenvalue weighted by Crippen LogP contribution is 2.25. The molecule has 1 heterocycles. The zero-order valence-electron chi connectivity index (χ0n) is 15.7. The van der Waals surface area contributed by atoms with Gasteiger partial charge in [-0.3, -0.25) is 15.6 Å². The molecule has 150 valence electrons. The van der Waals surface area contributed by atoms with Gasteiger partial charge in [0.05, 0.1) is 11.4 Å². The van der Waals surface area contributed by atoms with Gasteiger partial charge in [0.1, 0.15) is 5.75 Å². The van der Waals surface area contributed by atoms with Gasteiger partial charge in [-0.25, -0.2) is 0 Å². The molecule has 0 saturated carbocycles. The van der Waals surface area contributed by atoms with Gasteiger partial charge in [0, 0.05) is 22.7 Å². The number of amides is 1. The molecule has 3 aromatic rings. The average Bonchev–Trinajstić information content (AvgIpc) is 3.14. The molecule has 0 aliphatic carbocycles. The molecule has 0 fully saturated rings. The molecular formula is C20H20ClN5O2S. The molecular weight excluding hydrogens is 410 g/mol. The van der Waals surface area contributed by atoms with Crippen LogP contribution in [-0.4, -0.2) is 31.5 Å². The predicted molar refractivity (Wildman–Crippen MR) is 115 cm³/mol. The molecule has 3 N–H and O–H groups in total. The third-order valence-electron chi connectivity index (χ3n) is 4.05. The highest BCUT2D eigenvalue weighted by molar-refractivity contribution is 7.99. The highest BCUT2D eigenvalue weighted by atomic mass is 35.5. The van der Waals surface area contributed by atoms with Gasteiger partial charge >= 0.3 is 0 Å². The Hall–Kier alpha value is -2.97. The first-order valence-electron chi connectivity index (χ1n) is 8.83. The zero-order valence-corrected chi connectivity index (χ0v) is 17.3. The van der Waals surface area contributed by atoms with Crippen LogP contribution >= 0.6 is 23.4 Å². The molecule has 29 heavy (non-hydrogen) atoms. The number of rotatable bonds is 8. The largest absolute Gasteiger partial charge is 0.507 e. The van der Waals surface area contributed by atoms with E-state index in [1.807, 2.05) is 23.6 Å². The molecule has 2 aromatic carbocycles. The summed E-state index contributed by atoms with van der Waals surface area (Å²) in [5, 5.41) is 19.6. The summed E-state index contributed by atoms with van der Waals surface area (Å²) in [5.41, 5.74) is 7.09. The number of halogens is 1. The van der Waals surface area contributed by atoms with Crippen LogP contribution in [0.1, 0.15) is 12.5 Å². The summed E-state index contributed by atoms with van der Waals surface area (Å²) in [5.74, 6) is 0.683. The molecule has 0 aliphatic heterocycles. The third-order valence-corrected chi connectivity index (χ3v) is 5.27. The Morgan fingerprint density at radius 1 is 1.17 bits per heavy atom. The second-order valence-electron chi connectivity index (χ2n) is 6.01. The van der Waals surface area contributed by atoms with Crippen molar-refractivity contribution < 1.29 is 9.90 Å². The number of aromatic nitrogens is 3. The van der Waals surface area contributed by atoms with Crippen molar-refractivity contribution in [1.29, 1.82) is 0 Å². The van der Waals surface area contributed by atoms with Crippen molar-refractivity contribution in [3.63, 3.8) is 0 Å². The van der Waals surface area contributed by atoms with E-state index in [2.05, 4.69) is 27.6 Å². The average molecular weight is 430 g/mol. The van der Waals surface area contributed by atoms with Crippen LogP contribution in [0.15, 0.2) is 60.3 Å². The maximum absolute atomic E-state index is 12.2. The van der Waals surface area contributed by atoms with E-state index in [0.717, 1.165) is 11.4 Å². The van der Waals surface area contributed by atoms with Crippen molar-refractivity contribution >= 4 is 35.0 Å². The monoisotopic (exact) mass is 429 g/mol. The van der Waals surface area contributed by atoms with Gasteiger partial charge in [-0.1, -0.05) is 42.1 Å². The highest BCUT2D eigenvalue weighted by Gasteiger charge is 2.15. The summed E-state index contributed by atoms with van der Waals surface area (Å²) in [6, 6.07) is 14.1. The Morgan fingerprint density at radius 2 is 1.90 bits per heavy atom. The molecule has 1 aromatic heterocycles. The summed E-state index contributed by atoms with van der Waals surface area (Å²) in [7, 11) is 0. The molecule has 0 unspecified atom stereocenters. The minimum Gasteiger partial charge on any atom is -0.507 e. The number of benzene rings is 2. The quantitative estimate of drug-likeness (QED) is 0.373. The lowest BCUT2D eigenvalue weighted by Crippen LogP contribution is -2.37. The van der Waals surface area contributed by atoms with Crippen LogP contribution in [-0.2, 0) is 11.3 Å². The molecule has 3 rings (SSSR count). The van der Waals surface area contributed by atoms with Crippen LogP contribution in [0.3, 0.4) is 0 Å². The van der Waals surface area contributed by atoms with Gasteiger partial charge in [-0.05, 0) is 43.3 Å². The van der Waals surface area contributed by atoms with E-state index in [0.29, 0.717) is 28.0 Å². The van der Waals surface area contributed by atoms with Crippen molar-refractivity contribution in [2.24, 2.45) is 0 Å². The van der Waals surface area contributed by atoms with Gasteiger partial charge in [-0.15, -0.1) is 10.2 Å². The second kappa shape index (κ2) is 9.49. The van der Waals surface area contributed by atoms with Gasteiger partial charge in [0.15, 0.2) is 11.0 Å². The predicted octanol–water partition coefficient (Wildman–Crippen LogP) is 3.71. The minimum absolute atomic E-state index is 0.0828. The van der Waals surface area contributed by atoms with Crippen LogP contribution in [0.4, 0.5) is 0 Å². The number of aromatic hydroxyl groups is 1. The number of para-hydroxylation sites is 1. The molecule has 9 heteroatoms. The molecule has 0 bridgehead atoms. The fourth-order valence-corrected chi connectivity index (χ4v) is 3.53. The van der Waals surface area contributed by atoms with E-state index in [1.165, 1.54) is 11.8 Å². The van der Waals surface area contributed by atoms with E-state index in [4.69, 9.17) is 11.6 Å².